The first kappa shape index (κ1) is 25.8. The summed E-state index contributed by atoms with van der Waals surface area (Å²) in [4.78, 5) is 46.8. The molecule has 10 heteroatoms. The molecule has 0 spiro atoms. The minimum absolute atomic E-state index is 0.239. The van der Waals surface area contributed by atoms with Gasteiger partial charge in [0, 0.05) is 39.4 Å². The second-order valence-electron chi connectivity index (χ2n) is 7.39. The topological polar surface area (TPSA) is 114 Å². The monoisotopic (exact) mass is 514 g/mol. The molecule has 1 aromatic rings. The van der Waals surface area contributed by atoms with E-state index in [2.05, 4.69) is 15.9 Å². The van der Waals surface area contributed by atoms with Crippen molar-refractivity contribution in [1.82, 2.24) is 0 Å². The van der Waals surface area contributed by atoms with E-state index in [1.54, 1.807) is 0 Å². The van der Waals surface area contributed by atoms with Gasteiger partial charge in [-0.2, -0.15) is 0 Å². The quantitative estimate of drug-likeness (QED) is 0.292. The van der Waals surface area contributed by atoms with Crippen molar-refractivity contribution >= 4 is 39.8 Å². The minimum atomic E-state index is -1.15. The van der Waals surface area contributed by atoms with Crippen molar-refractivity contribution in [1.29, 1.82) is 0 Å². The van der Waals surface area contributed by atoms with Crippen LogP contribution >= 0.6 is 15.9 Å². The standard InChI is InChI=1S/C22H27BrO9/c1-12(24)28-11-19-21(30-14(3)26)22(31-15(4)27)20(29-13(2)25)18(32-19)9-16-5-7-17(10-23)8-6-16/h5-8,18-22H,9-11H2,1-4H3/t18-,19+,20-,21+,22+/m0/s1. The number of rotatable bonds is 8. The molecule has 32 heavy (non-hydrogen) atoms. The van der Waals surface area contributed by atoms with Crippen LogP contribution in [-0.4, -0.2) is 61.0 Å². The Kier molecular flexibility index (Phi) is 9.64. The van der Waals surface area contributed by atoms with E-state index in [1.165, 1.54) is 27.7 Å². The van der Waals surface area contributed by atoms with E-state index in [-0.39, 0.29) is 6.61 Å². The molecule has 0 aliphatic carbocycles. The molecule has 0 amide bonds. The molecule has 1 saturated heterocycles. The van der Waals surface area contributed by atoms with E-state index in [4.69, 9.17) is 23.7 Å². The first-order chi connectivity index (χ1) is 15.1. The molecule has 1 aliphatic heterocycles. The van der Waals surface area contributed by atoms with Gasteiger partial charge in [0.15, 0.2) is 18.3 Å². The summed E-state index contributed by atoms with van der Waals surface area (Å²) in [5.41, 5.74) is 1.96. The zero-order valence-corrected chi connectivity index (χ0v) is 20.0. The zero-order chi connectivity index (χ0) is 23.8. The maximum absolute atomic E-state index is 11.8. The maximum atomic E-state index is 11.8. The van der Waals surface area contributed by atoms with Gasteiger partial charge < -0.3 is 23.7 Å². The fourth-order valence-corrected chi connectivity index (χ4v) is 3.85. The van der Waals surface area contributed by atoms with Crippen molar-refractivity contribution < 1.29 is 42.9 Å². The third-order valence-electron chi connectivity index (χ3n) is 4.70. The highest BCUT2D eigenvalue weighted by Gasteiger charge is 2.51. The lowest BCUT2D eigenvalue weighted by atomic mass is 9.90. The highest BCUT2D eigenvalue weighted by Crippen LogP contribution is 2.31. The fraction of sp³-hybridized carbons (Fsp3) is 0.545. The smallest absolute Gasteiger partial charge is 0.303 e. The van der Waals surface area contributed by atoms with Crippen molar-refractivity contribution in [2.45, 2.75) is 70.0 Å². The van der Waals surface area contributed by atoms with Crippen molar-refractivity contribution in [2.75, 3.05) is 6.61 Å². The van der Waals surface area contributed by atoms with Gasteiger partial charge in [-0.3, -0.25) is 19.2 Å². The van der Waals surface area contributed by atoms with E-state index in [1.807, 2.05) is 24.3 Å². The molecule has 1 heterocycles. The van der Waals surface area contributed by atoms with Crippen LogP contribution in [0.5, 0.6) is 0 Å². The molecule has 5 atom stereocenters. The van der Waals surface area contributed by atoms with E-state index in [0.717, 1.165) is 11.1 Å². The van der Waals surface area contributed by atoms with Crippen LogP contribution in [0.15, 0.2) is 24.3 Å². The molecule has 1 aromatic carbocycles. The Hall–Kier alpha value is -2.46. The molecule has 1 aliphatic rings. The molecular weight excluding hydrogens is 488 g/mol. The van der Waals surface area contributed by atoms with Crippen LogP contribution in [0.4, 0.5) is 0 Å². The van der Waals surface area contributed by atoms with Crippen LogP contribution in [-0.2, 0) is 54.6 Å². The van der Waals surface area contributed by atoms with Crippen molar-refractivity contribution in [3.05, 3.63) is 35.4 Å². The van der Waals surface area contributed by atoms with Gasteiger partial charge in [0.1, 0.15) is 18.8 Å². The number of carbonyl (C=O) groups is 4. The van der Waals surface area contributed by atoms with E-state index >= 15 is 0 Å². The van der Waals surface area contributed by atoms with Gasteiger partial charge in [0.05, 0.1) is 0 Å². The molecule has 0 radical (unpaired) electrons. The van der Waals surface area contributed by atoms with Crippen LogP contribution in [0.1, 0.15) is 38.8 Å². The highest BCUT2D eigenvalue weighted by molar-refractivity contribution is 9.08. The summed E-state index contributed by atoms with van der Waals surface area (Å²) in [5.74, 6) is -2.48. The Morgan fingerprint density at radius 3 is 1.69 bits per heavy atom. The summed E-state index contributed by atoms with van der Waals surface area (Å²) in [7, 11) is 0. The van der Waals surface area contributed by atoms with Crippen molar-refractivity contribution in [2.24, 2.45) is 0 Å². The van der Waals surface area contributed by atoms with Crippen LogP contribution in [0.25, 0.3) is 0 Å². The number of alkyl halides is 1. The lowest BCUT2D eigenvalue weighted by Gasteiger charge is -2.44. The van der Waals surface area contributed by atoms with E-state index < -0.39 is 54.4 Å². The van der Waals surface area contributed by atoms with Gasteiger partial charge in [0.25, 0.3) is 0 Å². The lowest BCUT2D eigenvalue weighted by molar-refractivity contribution is -0.252. The van der Waals surface area contributed by atoms with Crippen molar-refractivity contribution in [3.63, 3.8) is 0 Å². The summed E-state index contributed by atoms with van der Waals surface area (Å²) >= 11 is 3.40. The third-order valence-corrected chi connectivity index (χ3v) is 5.35. The summed E-state index contributed by atoms with van der Waals surface area (Å²) in [5, 5.41) is 0.701. The molecule has 176 valence electrons. The van der Waals surface area contributed by atoms with Gasteiger partial charge in [-0.1, -0.05) is 40.2 Å². The highest BCUT2D eigenvalue weighted by atomic mass is 79.9. The lowest BCUT2D eigenvalue weighted by Crippen LogP contribution is -2.62. The summed E-state index contributed by atoms with van der Waals surface area (Å²) in [6, 6.07) is 7.69. The fourth-order valence-electron chi connectivity index (χ4n) is 3.48. The van der Waals surface area contributed by atoms with E-state index in [9.17, 15) is 19.2 Å². The maximum Gasteiger partial charge on any atom is 0.303 e. The number of halogens is 1. The number of carbonyl (C=O) groups excluding carboxylic acids is 4. The minimum Gasteiger partial charge on any atom is -0.463 e. The summed E-state index contributed by atoms with van der Waals surface area (Å²) < 4.78 is 27.5. The van der Waals surface area contributed by atoms with Gasteiger partial charge in [-0.15, -0.1) is 0 Å². The molecule has 2 rings (SSSR count). The molecule has 1 fully saturated rings. The molecule has 0 bridgehead atoms. The normalized spacial score (nSPS) is 24.8. The average Bonchev–Trinajstić information content (AvgIpc) is 2.70. The number of ether oxygens (including phenoxy) is 5. The van der Waals surface area contributed by atoms with E-state index in [0.29, 0.717) is 11.8 Å². The molecule has 0 aromatic heterocycles. The number of hydrogen-bond acceptors (Lipinski definition) is 9. The van der Waals surface area contributed by atoms with Gasteiger partial charge >= 0.3 is 23.9 Å². The Morgan fingerprint density at radius 2 is 1.22 bits per heavy atom. The number of esters is 4. The Balaban J connectivity index is 2.42. The first-order valence-corrected chi connectivity index (χ1v) is 11.2. The summed E-state index contributed by atoms with van der Waals surface area (Å²) in [6.45, 7) is 4.60. The number of benzene rings is 1. The third kappa shape index (κ3) is 7.59. The Bertz CT molecular complexity index is 823. The average molecular weight is 515 g/mol. The predicted octanol–water partition coefficient (Wildman–Crippen LogP) is 2.25. The van der Waals surface area contributed by atoms with Gasteiger partial charge in [0.2, 0.25) is 0 Å². The van der Waals surface area contributed by atoms with Crippen molar-refractivity contribution in [3.8, 4) is 0 Å². The SMILES string of the molecule is CC(=O)OC[C@H]1O[C@@H](Cc2ccc(CBr)cc2)[C@H](OC(C)=O)[C@@H](OC(C)=O)[C@@H]1OC(C)=O. The molecule has 9 nitrogen and oxygen atoms in total. The first-order valence-electron chi connectivity index (χ1n) is 10.0. The zero-order valence-electron chi connectivity index (χ0n) is 18.4. The molecular formula is C22H27BrO9. The summed E-state index contributed by atoms with van der Waals surface area (Å²) in [6.07, 6.45) is -4.74. The predicted molar refractivity (Wildman–Crippen MR) is 115 cm³/mol. The van der Waals surface area contributed by atoms with Crippen LogP contribution in [0.2, 0.25) is 0 Å². The largest absolute Gasteiger partial charge is 0.463 e. The molecule has 0 saturated carbocycles. The second kappa shape index (κ2) is 12.0. The van der Waals surface area contributed by atoms with Crippen LogP contribution in [0.3, 0.4) is 0 Å². The molecule has 0 unspecified atom stereocenters. The Morgan fingerprint density at radius 1 is 0.750 bits per heavy atom. The Labute approximate surface area is 194 Å². The van der Waals surface area contributed by atoms with Gasteiger partial charge in [-0.25, -0.2) is 0 Å². The second-order valence-corrected chi connectivity index (χ2v) is 7.95. The molecule has 0 N–H and O–H groups in total. The van der Waals surface area contributed by atoms with Crippen LogP contribution in [0, 0.1) is 0 Å². The number of hydrogen-bond donors (Lipinski definition) is 0. The van der Waals surface area contributed by atoms with Gasteiger partial charge in [-0.05, 0) is 11.1 Å². The van der Waals surface area contributed by atoms with Crippen LogP contribution < -0.4 is 0 Å².